The summed E-state index contributed by atoms with van der Waals surface area (Å²) in [5.41, 5.74) is 1.54. The van der Waals surface area contributed by atoms with Gasteiger partial charge in [0.15, 0.2) is 0 Å². The fourth-order valence-electron chi connectivity index (χ4n) is 3.86. The quantitative estimate of drug-likeness (QED) is 0.644. The second kappa shape index (κ2) is 7.59. The van der Waals surface area contributed by atoms with Crippen LogP contribution in [0.2, 0.25) is 0 Å². The molecule has 1 atom stereocenters. The van der Waals surface area contributed by atoms with Crippen molar-refractivity contribution >= 4 is 17.2 Å². The van der Waals surface area contributed by atoms with Gasteiger partial charge in [-0.25, -0.2) is 0 Å². The number of nitrogens with one attached hydrogen (secondary N) is 2. The monoisotopic (exact) mass is 388 g/mol. The molecule has 6 nitrogen and oxygen atoms in total. The number of aliphatic hydroxyl groups excluding tert-OH is 1. The van der Waals surface area contributed by atoms with Crippen LogP contribution in [0, 0.1) is 0 Å². The maximum absolute atomic E-state index is 12.6. The molecule has 1 aromatic carbocycles. The lowest BCUT2D eigenvalue weighted by Gasteiger charge is -2.40. The summed E-state index contributed by atoms with van der Waals surface area (Å²) < 4.78 is 6.17. The lowest BCUT2D eigenvalue weighted by molar-refractivity contribution is -0.0771. The third-order valence-electron chi connectivity index (χ3n) is 5.32. The second-order valence-corrected chi connectivity index (χ2v) is 8.18. The number of rotatable bonds is 4. The van der Waals surface area contributed by atoms with Gasteiger partial charge in [0, 0.05) is 11.4 Å². The number of carbonyl (C=O) groups excluding carboxylic acids is 1. The van der Waals surface area contributed by atoms with Gasteiger partial charge in [0.1, 0.15) is 11.4 Å². The number of aliphatic hydroxyl groups is 1. The highest BCUT2D eigenvalue weighted by Crippen LogP contribution is 2.44. The Kier molecular flexibility index (Phi) is 5.19. The van der Waals surface area contributed by atoms with E-state index in [1.54, 1.807) is 18.2 Å². The topological polar surface area (TPSA) is 90.8 Å². The maximum Gasteiger partial charge on any atom is 0.261 e. The first kappa shape index (κ1) is 18.4. The number of hydrogen-bond acceptors (Lipinski definition) is 6. The minimum atomic E-state index is -0.866. The van der Waals surface area contributed by atoms with E-state index in [0.717, 1.165) is 32.4 Å². The Morgan fingerprint density at radius 2 is 2.15 bits per heavy atom. The van der Waals surface area contributed by atoms with Gasteiger partial charge in [0.05, 0.1) is 17.6 Å². The zero-order valence-corrected chi connectivity index (χ0v) is 15.8. The van der Waals surface area contributed by atoms with Crippen molar-refractivity contribution in [1.29, 1.82) is 0 Å². The molecule has 4 N–H and O–H groups in total. The number of phenolic OH excluding ortho intramolecular Hbond substituents is 1. The molecule has 1 saturated heterocycles. The Labute approximate surface area is 162 Å². The van der Waals surface area contributed by atoms with Crippen molar-refractivity contribution in [2.24, 2.45) is 0 Å². The van der Waals surface area contributed by atoms with Crippen molar-refractivity contribution < 1.29 is 19.7 Å². The van der Waals surface area contributed by atoms with Crippen LogP contribution in [0.3, 0.4) is 0 Å². The van der Waals surface area contributed by atoms with Crippen LogP contribution in [0.25, 0.3) is 0 Å². The third-order valence-corrected chi connectivity index (χ3v) is 6.68. The third kappa shape index (κ3) is 3.73. The van der Waals surface area contributed by atoms with E-state index in [4.69, 9.17) is 4.74 Å². The standard InChI is InChI=1S/C20H24N2O4S/c23-15-3-1-2-13(10-15)16(24)12-22-19(25)17-11-14-4-9-26-20(18(14)27-17)5-7-21-8-6-20/h1-3,10-11,16,21,23-24H,4-9,12H2,(H,22,25). The molecule has 0 saturated carbocycles. The Morgan fingerprint density at radius 3 is 2.93 bits per heavy atom. The summed E-state index contributed by atoms with van der Waals surface area (Å²) in [5, 5.41) is 25.9. The molecule has 1 spiro atoms. The number of fused-ring (bicyclic) bond motifs is 2. The minimum Gasteiger partial charge on any atom is -0.508 e. The molecule has 0 radical (unpaired) electrons. The van der Waals surface area contributed by atoms with Crippen LogP contribution in [0.15, 0.2) is 30.3 Å². The highest BCUT2D eigenvalue weighted by atomic mass is 32.1. The first-order chi connectivity index (χ1) is 13.1. The Balaban J connectivity index is 1.45. The fraction of sp³-hybridized carbons (Fsp3) is 0.450. The van der Waals surface area contributed by atoms with E-state index in [0.29, 0.717) is 17.0 Å². The second-order valence-electron chi connectivity index (χ2n) is 7.13. The highest BCUT2D eigenvalue weighted by molar-refractivity contribution is 7.14. The molecular formula is C20H24N2O4S. The van der Waals surface area contributed by atoms with Gasteiger partial charge < -0.3 is 25.6 Å². The van der Waals surface area contributed by atoms with Gasteiger partial charge >= 0.3 is 0 Å². The van der Waals surface area contributed by atoms with E-state index in [1.165, 1.54) is 27.8 Å². The molecular weight excluding hydrogens is 364 g/mol. The number of carbonyl (C=O) groups is 1. The van der Waals surface area contributed by atoms with Crippen LogP contribution in [-0.2, 0) is 16.8 Å². The molecule has 1 fully saturated rings. The summed E-state index contributed by atoms with van der Waals surface area (Å²) >= 11 is 1.51. The summed E-state index contributed by atoms with van der Waals surface area (Å²) in [5.74, 6) is -0.0891. The summed E-state index contributed by atoms with van der Waals surface area (Å²) in [4.78, 5) is 14.5. The summed E-state index contributed by atoms with van der Waals surface area (Å²) in [6.45, 7) is 2.64. The van der Waals surface area contributed by atoms with E-state index >= 15 is 0 Å². The molecule has 4 rings (SSSR count). The summed E-state index contributed by atoms with van der Waals surface area (Å²) in [6.07, 6.45) is 1.82. The predicted molar refractivity (Wildman–Crippen MR) is 103 cm³/mol. The van der Waals surface area contributed by atoms with Gasteiger partial charge in [-0.2, -0.15) is 0 Å². The number of ether oxygens (including phenoxy) is 1. The van der Waals surface area contributed by atoms with Crippen molar-refractivity contribution in [3.8, 4) is 5.75 Å². The molecule has 27 heavy (non-hydrogen) atoms. The lowest BCUT2D eigenvalue weighted by Crippen LogP contribution is -2.43. The van der Waals surface area contributed by atoms with Crippen LogP contribution in [-0.4, -0.2) is 42.4 Å². The van der Waals surface area contributed by atoms with Crippen LogP contribution in [0.5, 0.6) is 5.75 Å². The van der Waals surface area contributed by atoms with Gasteiger partial charge in [0.2, 0.25) is 0 Å². The van der Waals surface area contributed by atoms with Crippen molar-refractivity contribution in [2.45, 2.75) is 31.0 Å². The number of hydrogen-bond donors (Lipinski definition) is 4. The number of benzene rings is 1. The van der Waals surface area contributed by atoms with Crippen LogP contribution < -0.4 is 10.6 Å². The minimum absolute atomic E-state index is 0.0936. The Hall–Kier alpha value is -1.93. The first-order valence-corrected chi connectivity index (χ1v) is 10.1. The van der Waals surface area contributed by atoms with Crippen LogP contribution >= 0.6 is 11.3 Å². The molecule has 2 aliphatic heterocycles. The molecule has 2 aliphatic rings. The largest absolute Gasteiger partial charge is 0.508 e. The Bertz CT molecular complexity index is 829. The first-order valence-electron chi connectivity index (χ1n) is 9.30. The maximum atomic E-state index is 12.6. The molecule has 2 aromatic rings. The van der Waals surface area contributed by atoms with Crippen LogP contribution in [0.4, 0.5) is 0 Å². The molecule has 0 bridgehead atoms. The normalized spacial score (nSPS) is 19.4. The summed E-state index contributed by atoms with van der Waals surface area (Å²) in [7, 11) is 0. The van der Waals surface area contributed by atoms with E-state index < -0.39 is 6.10 Å². The van der Waals surface area contributed by atoms with Crippen molar-refractivity contribution in [3.63, 3.8) is 0 Å². The van der Waals surface area contributed by atoms with Gasteiger partial charge in [-0.05, 0) is 61.7 Å². The summed E-state index contributed by atoms with van der Waals surface area (Å²) in [6, 6.07) is 8.41. The molecule has 144 valence electrons. The zero-order chi connectivity index (χ0) is 18.9. The number of amides is 1. The smallest absolute Gasteiger partial charge is 0.261 e. The Morgan fingerprint density at radius 1 is 1.33 bits per heavy atom. The SMILES string of the molecule is O=C(NCC(O)c1cccc(O)c1)c1cc2c(s1)C1(CCNCC1)OCC2. The molecule has 0 aliphatic carbocycles. The average Bonchev–Trinajstić information content (AvgIpc) is 3.13. The predicted octanol–water partition coefficient (Wildman–Crippen LogP) is 2.07. The zero-order valence-electron chi connectivity index (χ0n) is 15.0. The molecule has 7 heteroatoms. The molecule has 1 amide bonds. The van der Waals surface area contributed by atoms with Gasteiger partial charge in [0.25, 0.3) is 5.91 Å². The molecule has 1 aromatic heterocycles. The highest BCUT2D eigenvalue weighted by Gasteiger charge is 2.41. The lowest BCUT2D eigenvalue weighted by atomic mass is 9.86. The van der Waals surface area contributed by atoms with E-state index in [1.807, 2.05) is 6.07 Å². The molecule has 1 unspecified atom stereocenters. The van der Waals surface area contributed by atoms with Crippen molar-refractivity contribution in [3.05, 3.63) is 51.2 Å². The fourth-order valence-corrected chi connectivity index (χ4v) is 5.19. The van der Waals surface area contributed by atoms with Crippen LogP contribution in [0.1, 0.15) is 44.6 Å². The number of piperidine rings is 1. The van der Waals surface area contributed by atoms with E-state index in [2.05, 4.69) is 10.6 Å². The van der Waals surface area contributed by atoms with Gasteiger partial charge in [-0.1, -0.05) is 12.1 Å². The van der Waals surface area contributed by atoms with Gasteiger partial charge in [-0.3, -0.25) is 4.79 Å². The average molecular weight is 388 g/mol. The number of phenols is 1. The van der Waals surface area contributed by atoms with E-state index in [-0.39, 0.29) is 23.8 Å². The van der Waals surface area contributed by atoms with Crippen molar-refractivity contribution in [2.75, 3.05) is 26.2 Å². The van der Waals surface area contributed by atoms with Gasteiger partial charge in [-0.15, -0.1) is 11.3 Å². The molecule has 3 heterocycles. The number of aromatic hydroxyl groups is 1. The number of thiophene rings is 1. The van der Waals surface area contributed by atoms with Crippen molar-refractivity contribution in [1.82, 2.24) is 10.6 Å². The van der Waals surface area contributed by atoms with E-state index in [9.17, 15) is 15.0 Å².